The van der Waals surface area contributed by atoms with E-state index in [9.17, 15) is 0 Å². The van der Waals surface area contributed by atoms with E-state index >= 15 is 0 Å². The molecule has 0 unspecified atom stereocenters. The highest BCUT2D eigenvalue weighted by atomic mass is 16.5. The van der Waals surface area contributed by atoms with Crippen LogP contribution in [0.5, 0.6) is 0 Å². The van der Waals surface area contributed by atoms with Crippen LogP contribution in [0.15, 0.2) is 6.07 Å². The highest BCUT2D eigenvalue weighted by Crippen LogP contribution is 2.08. The fraction of sp³-hybridized carbons (Fsp3) is 0.714. The number of anilines is 1. The molecule has 4 nitrogen and oxygen atoms in total. The minimum absolute atomic E-state index is 0.498. The summed E-state index contributed by atoms with van der Waals surface area (Å²) in [7, 11) is 0. The quantitative estimate of drug-likeness (QED) is 0.721. The maximum absolute atomic E-state index is 5.61. The maximum atomic E-state index is 5.61. The second-order valence-electron chi connectivity index (χ2n) is 4.93. The first-order valence-corrected chi connectivity index (χ1v) is 6.78. The third-order valence-corrected chi connectivity index (χ3v) is 2.56. The number of hydrogen-bond donors (Lipinski definition) is 1. The SMILES string of the molecule is CCNc1cc(C)nc(COCCCC(C)C)n1. The average molecular weight is 251 g/mol. The summed E-state index contributed by atoms with van der Waals surface area (Å²) in [5, 5.41) is 3.20. The van der Waals surface area contributed by atoms with Gasteiger partial charge in [0, 0.05) is 24.9 Å². The van der Waals surface area contributed by atoms with Crippen LogP contribution in [0.1, 0.15) is 45.1 Å². The highest BCUT2D eigenvalue weighted by molar-refractivity contribution is 5.35. The lowest BCUT2D eigenvalue weighted by Gasteiger charge is -2.08. The predicted octanol–water partition coefficient (Wildman–Crippen LogP) is 3.17. The Morgan fingerprint density at radius 1 is 1.33 bits per heavy atom. The summed E-state index contributed by atoms with van der Waals surface area (Å²) < 4.78 is 5.61. The second kappa shape index (κ2) is 8.03. The lowest BCUT2D eigenvalue weighted by Crippen LogP contribution is -2.06. The second-order valence-corrected chi connectivity index (χ2v) is 4.93. The van der Waals surface area contributed by atoms with Gasteiger partial charge in [0.25, 0.3) is 0 Å². The van der Waals surface area contributed by atoms with E-state index in [2.05, 4.69) is 36.1 Å². The van der Waals surface area contributed by atoms with E-state index in [0.29, 0.717) is 6.61 Å². The average Bonchev–Trinajstić information content (AvgIpc) is 2.28. The zero-order chi connectivity index (χ0) is 13.4. The van der Waals surface area contributed by atoms with Crippen LogP contribution in [0.25, 0.3) is 0 Å². The molecule has 1 aromatic heterocycles. The highest BCUT2D eigenvalue weighted by Gasteiger charge is 2.02. The van der Waals surface area contributed by atoms with Gasteiger partial charge in [0.15, 0.2) is 5.82 Å². The van der Waals surface area contributed by atoms with Crippen LogP contribution >= 0.6 is 0 Å². The number of ether oxygens (including phenoxy) is 1. The van der Waals surface area contributed by atoms with Gasteiger partial charge in [-0.15, -0.1) is 0 Å². The molecule has 0 radical (unpaired) electrons. The van der Waals surface area contributed by atoms with E-state index in [4.69, 9.17) is 4.74 Å². The van der Waals surface area contributed by atoms with Crippen LogP contribution in [-0.4, -0.2) is 23.1 Å². The molecule has 0 saturated carbocycles. The largest absolute Gasteiger partial charge is 0.373 e. The minimum atomic E-state index is 0.498. The van der Waals surface area contributed by atoms with E-state index in [1.807, 2.05) is 13.0 Å². The zero-order valence-corrected chi connectivity index (χ0v) is 12.0. The first kappa shape index (κ1) is 14.9. The van der Waals surface area contributed by atoms with Crippen molar-refractivity contribution >= 4 is 5.82 Å². The van der Waals surface area contributed by atoms with E-state index in [1.54, 1.807) is 0 Å². The van der Waals surface area contributed by atoms with Gasteiger partial charge >= 0.3 is 0 Å². The molecule has 1 heterocycles. The third-order valence-electron chi connectivity index (χ3n) is 2.56. The molecule has 4 heteroatoms. The molecule has 0 aliphatic rings. The first-order valence-electron chi connectivity index (χ1n) is 6.78. The molecule has 102 valence electrons. The van der Waals surface area contributed by atoms with Crippen LogP contribution in [-0.2, 0) is 11.3 Å². The molecule has 0 aliphatic heterocycles. The van der Waals surface area contributed by atoms with Crippen molar-refractivity contribution < 1.29 is 4.74 Å². The van der Waals surface area contributed by atoms with Gasteiger partial charge in [-0.3, -0.25) is 0 Å². The number of nitrogens with zero attached hydrogens (tertiary/aromatic N) is 2. The van der Waals surface area contributed by atoms with Crippen LogP contribution in [0.4, 0.5) is 5.82 Å². The van der Waals surface area contributed by atoms with Crippen molar-refractivity contribution in [2.45, 2.75) is 47.1 Å². The van der Waals surface area contributed by atoms with Crippen molar-refractivity contribution in [3.63, 3.8) is 0 Å². The van der Waals surface area contributed by atoms with Gasteiger partial charge in [0.1, 0.15) is 12.4 Å². The molecule has 1 rings (SSSR count). The molecule has 1 N–H and O–H groups in total. The Kier molecular flexibility index (Phi) is 6.65. The summed E-state index contributed by atoms with van der Waals surface area (Å²) in [5.74, 6) is 2.38. The zero-order valence-electron chi connectivity index (χ0n) is 12.0. The fourth-order valence-electron chi connectivity index (χ4n) is 1.72. The van der Waals surface area contributed by atoms with Gasteiger partial charge in [0.05, 0.1) is 0 Å². The van der Waals surface area contributed by atoms with Crippen LogP contribution in [0, 0.1) is 12.8 Å². The molecule has 0 fully saturated rings. The summed E-state index contributed by atoms with van der Waals surface area (Å²) in [6.07, 6.45) is 2.31. The van der Waals surface area contributed by atoms with Crippen molar-refractivity contribution in [1.82, 2.24) is 9.97 Å². The minimum Gasteiger partial charge on any atom is -0.373 e. The van der Waals surface area contributed by atoms with Gasteiger partial charge < -0.3 is 10.1 Å². The van der Waals surface area contributed by atoms with Crippen molar-refractivity contribution in [3.8, 4) is 0 Å². The monoisotopic (exact) mass is 251 g/mol. The van der Waals surface area contributed by atoms with E-state index in [1.165, 1.54) is 6.42 Å². The first-order chi connectivity index (χ1) is 8.61. The number of rotatable bonds is 8. The lowest BCUT2D eigenvalue weighted by molar-refractivity contribution is 0.109. The Hall–Kier alpha value is -1.16. The van der Waals surface area contributed by atoms with Crippen LogP contribution in [0.3, 0.4) is 0 Å². The normalized spacial score (nSPS) is 10.9. The number of nitrogens with one attached hydrogen (secondary N) is 1. The van der Waals surface area contributed by atoms with E-state index in [0.717, 1.165) is 42.8 Å². The molecule has 0 saturated heterocycles. The van der Waals surface area contributed by atoms with Gasteiger partial charge in [-0.25, -0.2) is 9.97 Å². The summed E-state index contributed by atoms with van der Waals surface area (Å²) in [4.78, 5) is 8.78. The molecule has 0 spiro atoms. The molecule has 0 aromatic carbocycles. The molecule has 0 amide bonds. The van der Waals surface area contributed by atoms with E-state index in [-0.39, 0.29) is 0 Å². The van der Waals surface area contributed by atoms with Gasteiger partial charge in [-0.2, -0.15) is 0 Å². The van der Waals surface area contributed by atoms with Gasteiger partial charge in [-0.05, 0) is 32.6 Å². The fourth-order valence-corrected chi connectivity index (χ4v) is 1.72. The summed E-state index contributed by atoms with van der Waals surface area (Å²) >= 11 is 0. The molecule has 0 bridgehead atoms. The Bertz CT molecular complexity index is 353. The number of aromatic nitrogens is 2. The Morgan fingerprint density at radius 3 is 2.78 bits per heavy atom. The van der Waals surface area contributed by atoms with E-state index < -0.39 is 0 Å². The molecule has 0 atom stereocenters. The smallest absolute Gasteiger partial charge is 0.156 e. The lowest BCUT2D eigenvalue weighted by atomic mass is 10.1. The Labute approximate surface area is 110 Å². The van der Waals surface area contributed by atoms with Gasteiger partial charge in [0.2, 0.25) is 0 Å². The van der Waals surface area contributed by atoms with Crippen LogP contribution in [0.2, 0.25) is 0 Å². The molecular formula is C14H25N3O. The molecular weight excluding hydrogens is 226 g/mol. The Morgan fingerprint density at radius 2 is 2.11 bits per heavy atom. The van der Waals surface area contributed by atoms with Crippen molar-refractivity contribution in [2.24, 2.45) is 5.92 Å². The molecule has 0 aliphatic carbocycles. The number of hydrogen-bond acceptors (Lipinski definition) is 4. The maximum Gasteiger partial charge on any atom is 0.156 e. The van der Waals surface area contributed by atoms with Crippen LogP contribution < -0.4 is 5.32 Å². The standard InChI is InChI=1S/C14H25N3O/c1-5-15-13-9-12(4)16-14(17-13)10-18-8-6-7-11(2)3/h9,11H,5-8,10H2,1-4H3,(H,15,16,17). The molecule has 18 heavy (non-hydrogen) atoms. The topological polar surface area (TPSA) is 47.0 Å². The van der Waals surface area contributed by atoms with Crippen molar-refractivity contribution in [3.05, 3.63) is 17.6 Å². The summed E-state index contributed by atoms with van der Waals surface area (Å²) in [5.41, 5.74) is 0.974. The Balaban J connectivity index is 2.37. The van der Waals surface area contributed by atoms with Crippen molar-refractivity contribution in [2.75, 3.05) is 18.5 Å². The number of aryl methyl sites for hydroxylation is 1. The van der Waals surface area contributed by atoms with Gasteiger partial charge in [-0.1, -0.05) is 13.8 Å². The predicted molar refractivity (Wildman–Crippen MR) is 74.7 cm³/mol. The summed E-state index contributed by atoms with van der Waals surface area (Å²) in [6, 6.07) is 1.95. The summed E-state index contributed by atoms with van der Waals surface area (Å²) in [6.45, 7) is 10.6. The molecule has 1 aromatic rings. The third kappa shape index (κ3) is 5.96. The van der Waals surface area contributed by atoms with Crippen molar-refractivity contribution in [1.29, 1.82) is 0 Å².